The van der Waals surface area contributed by atoms with Gasteiger partial charge in [0, 0.05) is 32.2 Å². The first-order valence-electron chi connectivity index (χ1n) is 8.65. The number of fused-ring (bicyclic) bond motifs is 2. The summed E-state index contributed by atoms with van der Waals surface area (Å²) in [6.07, 6.45) is 6.94. The molecule has 1 amide bonds. The van der Waals surface area contributed by atoms with Gasteiger partial charge in [0.1, 0.15) is 11.8 Å². The molecule has 4 rings (SSSR count). The number of aryl methyl sites for hydroxylation is 1. The minimum Gasteiger partial charge on any atom is -0.374 e. The fraction of sp³-hybridized carbons (Fsp3) is 0.500. The Labute approximate surface area is 146 Å². The topological polar surface area (TPSA) is 69.5 Å². The Morgan fingerprint density at radius 2 is 2.28 bits per heavy atom. The van der Waals surface area contributed by atoms with E-state index >= 15 is 0 Å². The van der Waals surface area contributed by atoms with Gasteiger partial charge in [-0.05, 0) is 30.5 Å². The van der Waals surface area contributed by atoms with Crippen molar-refractivity contribution in [2.24, 2.45) is 7.05 Å². The third-order valence-corrected chi connectivity index (χ3v) is 5.02. The van der Waals surface area contributed by atoms with E-state index in [0.29, 0.717) is 25.5 Å². The molecule has 7 heteroatoms. The second kappa shape index (κ2) is 6.93. The zero-order chi connectivity index (χ0) is 17.2. The number of carbonyl (C=O) groups is 1. The van der Waals surface area contributed by atoms with E-state index in [1.165, 1.54) is 0 Å². The number of amides is 1. The van der Waals surface area contributed by atoms with Gasteiger partial charge in [-0.25, -0.2) is 0 Å². The molecule has 2 aromatic rings. The molecule has 132 valence electrons. The molecular formula is C18H22N4O3. The van der Waals surface area contributed by atoms with Gasteiger partial charge >= 0.3 is 0 Å². The quantitative estimate of drug-likeness (QED) is 0.840. The second-order valence-corrected chi connectivity index (χ2v) is 6.53. The van der Waals surface area contributed by atoms with Crippen LogP contribution in [0.4, 0.5) is 0 Å². The molecule has 3 heterocycles. The summed E-state index contributed by atoms with van der Waals surface area (Å²) in [7, 11) is 1.79. The highest BCUT2D eigenvalue weighted by molar-refractivity contribution is 5.92. The third-order valence-electron chi connectivity index (χ3n) is 5.02. The summed E-state index contributed by atoms with van der Waals surface area (Å²) >= 11 is 0. The maximum atomic E-state index is 13.0. The maximum Gasteiger partial charge on any atom is 0.272 e. The first-order valence-corrected chi connectivity index (χ1v) is 8.65. The molecule has 3 unspecified atom stereocenters. The molecule has 7 nitrogen and oxygen atoms in total. The monoisotopic (exact) mass is 342 g/mol. The Balaban J connectivity index is 1.52. The molecule has 0 radical (unpaired) electrons. The summed E-state index contributed by atoms with van der Waals surface area (Å²) in [5.74, 6) is -0.00822. The highest BCUT2D eigenvalue weighted by Gasteiger charge is 2.45. The molecule has 25 heavy (non-hydrogen) atoms. The zero-order valence-electron chi connectivity index (χ0n) is 14.2. The molecule has 0 spiro atoms. The number of pyridine rings is 1. The van der Waals surface area contributed by atoms with Gasteiger partial charge in [0.15, 0.2) is 0 Å². The Hall–Kier alpha value is -2.25. The highest BCUT2D eigenvalue weighted by atomic mass is 16.5. The van der Waals surface area contributed by atoms with Crippen molar-refractivity contribution in [1.29, 1.82) is 0 Å². The Kier molecular flexibility index (Phi) is 4.50. The van der Waals surface area contributed by atoms with Crippen molar-refractivity contribution in [3.8, 4) is 0 Å². The Morgan fingerprint density at radius 1 is 1.36 bits per heavy atom. The van der Waals surface area contributed by atoms with E-state index in [1.807, 2.05) is 17.0 Å². The molecule has 3 atom stereocenters. The molecule has 2 fully saturated rings. The molecule has 1 aliphatic heterocycles. The lowest BCUT2D eigenvalue weighted by Gasteiger charge is -2.31. The van der Waals surface area contributed by atoms with E-state index in [-0.39, 0.29) is 24.2 Å². The number of nitrogens with zero attached hydrogens (tertiary/aromatic N) is 4. The third kappa shape index (κ3) is 3.17. The molecule has 2 aromatic heterocycles. The number of aromatic nitrogens is 3. The lowest BCUT2D eigenvalue weighted by atomic mass is 10.1. The van der Waals surface area contributed by atoms with Gasteiger partial charge in [0.25, 0.3) is 5.91 Å². The largest absolute Gasteiger partial charge is 0.374 e. The van der Waals surface area contributed by atoms with Crippen molar-refractivity contribution in [2.75, 3.05) is 13.2 Å². The van der Waals surface area contributed by atoms with Crippen molar-refractivity contribution in [3.05, 3.63) is 48.0 Å². The highest BCUT2D eigenvalue weighted by Crippen LogP contribution is 2.33. The molecule has 0 aromatic carbocycles. The van der Waals surface area contributed by atoms with Gasteiger partial charge in [-0.15, -0.1) is 0 Å². The fourth-order valence-corrected chi connectivity index (χ4v) is 3.77. The van der Waals surface area contributed by atoms with Gasteiger partial charge in [-0.1, -0.05) is 6.07 Å². The van der Waals surface area contributed by atoms with E-state index in [0.717, 1.165) is 18.4 Å². The van der Waals surface area contributed by atoms with E-state index < -0.39 is 0 Å². The summed E-state index contributed by atoms with van der Waals surface area (Å²) in [6, 6.07) is 5.68. The van der Waals surface area contributed by atoms with Crippen LogP contribution in [0.1, 0.15) is 28.9 Å². The van der Waals surface area contributed by atoms with Crippen molar-refractivity contribution in [3.63, 3.8) is 0 Å². The summed E-state index contributed by atoms with van der Waals surface area (Å²) in [5.41, 5.74) is 1.62. The minimum atomic E-state index is -0.111. The average molecular weight is 342 g/mol. The summed E-state index contributed by atoms with van der Waals surface area (Å²) < 4.78 is 13.8. The van der Waals surface area contributed by atoms with E-state index in [1.54, 1.807) is 36.4 Å². The van der Waals surface area contributed by atoms with Crippen molar-refractivity contribution < 1.29 is 14.3 Å². The molecular weight excluding hydrogens is 320 g/mol. The van der Waals surface area contributed by atoms with Crippen LogP contribution < -0.4 is 0 Å². The second-order valence-electron chi connectivity index (χ2n) is 6.53. The number of rotatable bonds is 4. The van der Waals surface area contributed by atoms with Crippen LogP contribution in [0.15, 0.2) is 36.8 Å². The standard InChI is InChI=1S/C18H22N4O3/c1-21-15(6-8-20-21)18(23)22-9-10-24-16-5-4-14(22)17(16)25-12-13-3-2-7-19-11-13/h2-3,6-8,11,14,16-17H,4-5,9-10,12H2,1H3. The normalized spacial score (nSPS) is 25.8. The molecule has 2 aliphatic rings. The molecule has 1 saturated carbocycles. The first kappa shape index (κ1) is 16.2. The fourth-order valence-electron chi connectivity index (χ4n) is 3.77. The van der Waals surface area contributed by atoms with Crippen LogP contribution in [0.2, 0.25) is 0 Å². The maximum absolute atomic E-state index is 13.0. The summed E-state index contributed by atoms with van der Waals surface area (Å²) in [5, 5.41) is 4.11. The van der Waals surface area contributed by atoms with Crippen LogP contribution in [-0.4, -0.2) is 57.0 Å². The molecule has 1 aliphatic carbocycles. The van der Waals surface area contributed by atoms with Gasteiger partial charge in [-0.2, -0.15) is 5.10 Å². The van der Waals surface area contributed by atoms with Crippen LogP contribution in [0.5, 0.6) is 0 Å². The van der Waals surface area contributed by atoms with Crippen LogP contribution in [-0.2, 0) is 23.1 Å². The van der Waals surface area contributed by atoms with Crippen LogP contribution >= 0.6 is 0 Å². The first-order chi connectivity index (χ1) is 12.2. The number of ether oxygens (including phenoxy) is 2. The Morgan fingerprint density at radius 3 is 3.04 bits per heavy atom. The van der Waals surface area contributed by atoms with Crippen LogP contribution in [0.25, 0.3) is 0 Å². The van der Waals surface area contributed by atoms with Gasteiger partial charge in [0.2, 0.25) is 0 Å². The van der Waals surface area contributed by atoms with E-state index in [2.05, 4.69) is 10.1 Å². The Bertz CT molecular complexity index is 733. The van der Waals surface area contributed by atoms with Crippen molar-refractivity contribution >= 4 is 5.91 Å². The molecule has 0 N–H and O–H groups in total. The number of hydrogen-bond acceptors (Lipinski definition) is 5. The molecule has 1 saturated heterocycles. The smallest absolute Gasteiger partial charge is 0.272 e. The van der Waals surface area contributed by atoms with E-state index in [4.69, 9.17) is 9.47 Å². The number of carbonyl (C=O) groups excluding carboxylic acids is 1. The number of hydrogen-bond donors (Lipinski definition) is 0. The van der Waals surface area contributed by atoms with Gasteiger partial charge < -0.3 is 14.4 Å². The minimum absolute atomic E-state index is 0.00822. The SMILES string of the molecule is Cn1nccc1C(=O)N1CCOC2CCC1C2OCc1cccnc1. The van der Waals surface area contributed by atoms with Gasteiger partial charge in [-0.3, -0.25) is 14.5 Å². The molecule has 2 bridgehead atoms. The van der Waals surface area contributed by atoms with E-state index in [9.17, 15) is 4.79 Å². The lowest BCUT2D eigenvalue weighted by Crippen LogP contribution is -2.46. The summed E-state index contributed by atoms with van der Waals surface area (Å²) in [4.78, 5) is 19.0. The van der Waals surface area contributed by atoms with Crippen molar-refractivity contribution in [2.45, 2.75) is 37.7 Å². The zero-order valence-corrected chi connectivity index (χ0v) is 14.2. The average Bonchev–Trinajstić information content (AvgIpc) is 3.17. The van der Waals surface area contributed by atoms with Crippen LogP contribution in [0.3, 0.4) is 0 Å². The van der Waals surface area contributed by atoms with Crippen molar-refractivity contribution in [1.82, 2.24) is 19.7 Å². The lowest BCUT2D eigenvalue weighted by molar-refractivity contribution is -0.0598. The summed E-state index contributed by atoms with van der Waals surface area (Å²) in [6.45, 7) is 1.60. The van der Waals surface area contributed by atoms with Gasteiger partial charge in [0.05, 0.1) is 25.4 Å². The predicted octanol–water partition coefficient (Wildman–Crippen LogP) is 1.40. The van der Waals surface area contributed by atoms with Crippen LogP contribution in [0, 0.1) is 0 Å². The predicted molar refractivity (Wildman–Crippen MR) is 89.8 cm³/mol.